The number of fused-ring (bicyclic) bond motifs is 2. The molecule has 0 fully saturated rings. The first-order valence-corrected chi connectivity index (χ1v) is 7.81. The van der Waals surface area contributed by atoms with Crippen LogP contribution >= 0.6 is 11.3 Å². The van der Waals surface area contributed by atoms with Gasteiger partial charge in [0.2, 0.25) is 5.91 Å². The van der Waals surface area contributed by atoms with E-state index in [1.165, 1.54) is 11.3 Å². The molecule has 0 unspecified atom stereocenters. The molecule has 5 heteroatoms. The van der Waals surface area contributed by atoms with Crippen LogP contribution in [-0.4, -0.2) is 15.9 Å². The van der Waals surface area contributed by atoms with Crippen molar-refractivity contribution in [3.05, 3.63) is 60.3 Å². The van der Waals surface area contributed by atoms with Crippen molar-refractivity contribution in [2.24, 2.45) is 0 Å². The highest BCUT2D eigenvalue weighted by atomic mass is 32.1. The van der Waals surface area contributed by atoms with Crippen LogP contribution < -0.4 is 5.32 Å². The van der Waals surface area contributed by atoms with E-state index in [0.29, 0.717) is 11.6 Å². The first-order valence-electron chi connectivity index (χ1n) is 6.99. The van der Waals surface area contributed by atoms with Gasteiger partial charge in [-0.1, -0.05) is 35.6 Å². The van der Waals surface area contributed by atoms with Crippen LogP contribution in [0.1, 0.15) is 5.56 Å². The lowest BCUT2D eigenvalue weighted by atomic mass is 10.1. The van der Waals surface area contributed by atoms with E-state index in [1.54, 1.807) is 0 Å². The van der Waals surface area contributed by atoms with E-state index in [9.17, 15) is 4.79 Å². The fourth-order valence-electron chi connectivity index (χ4n) is 2.48. The quantitative estimate of drug-likeness (QED) is 0.602. The van der Waals surface area contributed by atoms with Crippen LogP contribution in [0.5, 0.6) is 0 Å². The summed E-state index contributed by atoms with van der Waals surface area (Å²) in [5.41, 5.74) is 2.94. The van der Waals surface area contributed by atoms with Crippen molar-refractivity contribution in [1.29, 1.82) is 0 Å². The average Bonchev–Trinajstić information content (AvgIpc) is 3.11. The van der Waals surface area contributed by atoms with Gasteiger partial charge in [0.05, 0.1) is 16.6 Å². The summed E-state index contributed by atoms with van der Waals surface area (Å²) in [5, 5.41) is 4.67. The van der Waals surface area contributed by atoms with E-state index in [2.05, 4.69) is 15.3 Å². The SMILES string of the molecule is O=C(Cc1ccc2cc[nH]c2c1)Nc1nc2ccccc2s1. The number of carbonyl (C=O) groups is 1. The van der Waals surface area contributed by atoms with Crippen molar-refractivity contribution in [2.45, 2.75) is 6.42 Å². The molecule has 0 atom stereocenters. The molecular weight excluding hydrogens is 294 g/mol. The number of H-pyrrole nitrogens is 1. The van der Waals surface area contributed by atoms with Crippen molar-refractivity contribution in [3.8, 4) is 0 Å². The van der Waals surface area contributed by atoms with Gasteiger partial charge < -0.3 is 10.3 Å². The van der Waals surface area contributed by atoms with Gasteiger partial charge in [-0.25, -0.2) is 4.98 Å². The van der Waals surface area contributed by atoms with Gasteiger partial charge in [0.15, 0.2) is 5.13 Å². The molecule has 2 aromatic carbocycles. The Labute approximate surface area is 130 Å². The number of nitrogens with one attached hydrogen (secondary N) is 2. The molecule has 0 bridgehead atoms. The van der Waals surface area contributed by atoms with Crippen molar-refractivity contribution in [3.63, 3.8) is 0 Å². The Hall–Kier alpha value is -2.66. The number of aromatic amines is 1. The molecule has 1 amide bonds. The third-order valence-electron chi connectivity index (χ3n) is 3.52. The summed E-state index contributed by atoms with van der Waals surface area (Å²) in [7, 11) is 0. The lowest BCUT2D eigenvalue weighted by Gasteiger charge is -2.02. The topological polar surface area (TPSA) is 57.8 Å². The molecule has 0 aliphatic heterocycles. The highest BCUT2D eigenvalue weighted by Crippen LogP contribution is 2.25. The third kappa shape index (κ3) is 2.46. The average molecular weight is 307 g/mol. The maximum absolute atomic E-state index is 12.2. The Morgan fingerprint density at radius 1 is 1.18 bits per heavy atom. The summed E-state index contributed by atoms with van der Waals surface area (Å²) >= 11 is 1.49. The Morgan fingerprint density at radius 2 is 2.09 bits per heavy atom. The molecule has 0 saturated carbocycles. The number of thiazole rings is 1. The van der Waals surface area contributed by atoms with Gasteiger partial charge in [-0.15, -0.1) is 0 Å². The highest BCUT2D eigenvalue weighted by Gasteiger charge is 2.09. The lowest BCUT2D eigenvalue weighted by molar-refractivity contribution is -0.115. The molecule has 4 rings (SSSR count). The van der Waals surface area contributed by atoms with Gasteiger partial charge in [0.25, 0.3) is 0 Å². The number of carbonyl (C=O) groups excluding carboxylic acids is 1. The van der Waals surface area contributed by atoms with E-state index >= 15 is 0 Å². The molecule has 0 spiro atoms. The van der Waals surface area contributed by atoms with Crippen molar-refractivity contribution in [2.75, 3.05) is 5.32 Å². The van der Waals surface area contributed by atoms with E-state index in [4.69, 9.17) is 0 Å². The van der Waals surface area contributed by atoms with Crippen LogP contribution in [0.15, 0.2) is 54.7 Å². The van der Waals surface area contributed by atoms with Crippen LogP contribution in [-0.2, 0) is 11.2 Å². The summed E-state index contributed by atoms with van der Waals surface area (Å²) < 4.78 is 1.07. The smallest absolute Gasteiger partial charge is 0.230 e. The molecule has 2 aromatic heterocycles. The maximum Gasteiger partial charge on any atom is 0.230 e. The zero-order valence-corrected chi connectivity index (χ0v) is 12.5. The van der Waals surface area contributed by atoms with Crippen LogP contribution in [0.4, 0.5) is 5.13 Å². The monoisotopic (exact) mass is 307 g/mol. The third-order valence-corrected chi connectivity index (χ3v) is 4.48. The predicted molar refractivity (Wildman–Crippen MR) is 90.3 cm³/mol. The van der Waals surface area contributed by atoms with Gasteiger partial charge in [-0.05, 0) is 35.2 Å². The molecule has 2 heterocycles. The molecule has 4 aromatic rings. The molecule has 108 valence electrons. The number of amides is 1. The standard InChI is InChI=1S/C17H13N3OS/c21-16(10-11-5-6-12-7-8-18-14(12)9-11)20-17-19-13-3-1-2-4-15(13)22-17/h1-9,18H,10H2,(H,19,20,21). The van der Waals surface area contributed by atoms with Crippen LogP contribution in [0.25, 0.3) is 21.1 Å². The van der Waals surface area contributed by atoms with E-state index < -0.39 is 0 Å². The van der Waals surface area contributed by atoms with Gasteiger partial charge in [0.1, 0.15) is 0 Å². The van der Waals surface area contributed by atoms with Gasteiger partial charge in [-0.2, -0.15) is 0 Å². The lowest BCUT2D eigenvalue weighted by Crippen LogP contribution is -2.14. The largest absolute Gasteiger partial charge is 0.361 e. The number of rotatable bonds is 3. The minimum atomic E-state index is -0.0510. The Kier molecular flexibility index (Phi) is 3.12. The van der Waals surface area contributed by atoms with Crippen molar-refractivity contribution < 1.29 is 4.79 Å². The summed E-state index contributed by atoms with van der Waals surface area (Å²) in [6.45, 7) is 0. The molecular formula is C17H13N3OS. The molecule has 2 N–H and O–H groups in total. The normalized spacial score (nSPS) is 11.1. The number of aromatic nitrogens is 2. The highest BCUT2D eigenvalue weighted by molar-refractivity contribution is 7.22. The summed E-state index contributed by atoms with van der Waals surface area (Å²) in [4.78, 5) is 19.8. The van der Waals surface area contributed by atoms with Gasteiger partial charge in [-0.3, -0.25) is 4.79 Å². The van der Waals surface area contributed by atoms with Gasteiger partial charge >= 0.3 is 0 Å². The van der Waals surface area contributed by atoms with Crippen LogP contribution in [0, 0.1) is 0 Å². The Morgan fingerprint density at radius 3 is 3.00 bits per heavy atom. The predicted octanol–water partition coefficient (Wildman–Crippen LogP) is 3.96. The second kappa shape index (κ2) is 5.27. The number of hydrogen-bond donors (Lipinski definition) is 2. The second-order valence-electron chi connectivity index (χ2n) is 5.11. The second-order valence-corrected chi connectivity index (χ2v) is 6.14. The van der Waals surface area contributed by atoms with Crippen LogP contribution in [0.2, 0.25) is 0 Å². The maximum atomic E-state index is 12.2. The van der Waals surface area contributed by atoms with E-state index in [-0.39, 0.29) is 5.91 Å². The number of nitrogens with zero attached hydrogens (tertiary/aromatic N) is 1. The molecule has 22 heavy (non-hydrogen) atoms. The Balaban J connectivity index is 1.51. The van der Waals surface area contributed by atoms with Crippen molar-refractivity contribution in [1.82, 2.24) is 9.97 Å². The molecule has 0 aliphatic rings. The zero-order chi connectivity index (χ0) is 14.9. The molecule has 4 nitrogen and oxygen atoms in total. The molecule has 0 saturated heterocycles. The molecule has 0 aliphatic carbocycles. The first kappa shape index (κ1) is 13.0. The molecule has 0 radical (unpaired) electrons. The summed E-state index contributed by atoms with van der Waals surface area (Å²) in [6.07, 6.45) is 2.24. The fourth-order valence-corrected chi connectivity index (χ4v) is 3.36. The van der Waals surface area contributed by atoms with Gasteiger partial charge in [0, 0.05) is 11.7 Å². The minimum absolute atomic E-state index is 0.0510. The minimum Gasteiger partial charge on any atom is -0.361 e. The Bertz CT molecular complexity index is 931. The first-order chi connectivity index (χ1) is 10.8. The van der Waals surface area contributed by atoms with E-state index in [0.717, 1.165) is 26.7 Å². The zero-order valence-electron chi connectivity index (χ0n) is 11.7. The number of para-hydroxylation sites is 1. The number of benzene rings is 2. The number of hydrogen-bond acceptors (Lipinski definition) is 3. The van der Waals surface area contributed by atoms with Crippen molar-refractivity contribution >= 4 is 43.5 Å². The van der Waals surface area contributed by atoms with Crippen LogP contribution in [0.3, 0.4) is 0 Å². The number of anilines is 1. The summed E-state index contributed by atoms with van der Waals surface area (Å²) in [6, 6.07) is 15.9. The fraction of sp³-hybridized carbons (Fsp3) is 0.0588. The summed E-state index contributed by atoms with van der Waals surface area (Å²) in [5.74, 6) is -0.0510. The van der Waals surface area contributed by atoms with E-state index in [1.807, 2.05) is 54.7 Å².